The number of aliphatic carboxylic acids is 1. The molecule has 0 spiro atoms. The number of ether oxygens (including phenoxy) is 3. The summed E-state index contributed by atoms with van der Waals surface area (Å²) >= 11 is 1.08. The van der Waals surface area contributed by atoms with Crippen molar-refractivity contribution in [1.82, 2.24) is 19.4 Å². The summed E-state index contributed by atoms with van der Waals surface area (Å²) in [5.74, 6) is -6.36. The number of thioether (sulfide) groups is 1. The molecule has 3 atom stereocenters. The Labute approximate surface area is 229 Å². The highest BCUT2D eigenvalue weighted by molar-refractivity contribution is 8.00. The SMILES string of the molecule is CCOC(=O)c1cn(C(C(=O)N[C@@H]2C(=O)N3C(C(=O)O)=C(COC(C)=O)CS[C@H]23)C(=O)OCC)c(=O)n(C)c1=O. The molecule has 40 heavy (non-hydrogen) atoms. The topological polar surface area (TPSA) is 210 Å². The Bertz CT molecular complexity index is 1430. The number of amides is 2. The monoisotopic (exact) mass is 582 g/mol. The fraction of sp³-hybridized carbons (Fsp3) is 0.478. The van der Waals surface area contributed by atoms with Crippen molar-refractivity contribution in [2.45, 2.75) is 38.2 Å². The highest BCUT2D eigenvalue weighted by Gasteiger charge is 2.55. The molecule has 3 heterocycles. The van der Waals surface area contributed by atoms with Crippen LogP contribution in [0.2, 0.25) is 0 Å². The molecule has 2 aliphatic heterocycles. The molecule has 1 aromatic heterocycles. The maximum absolute atomic E-state index is 13.4. The van der Waals surface area contributed by atoms with Crippen LogP contribution in [0.25, 0.3) is 0 Å². The van der Waals surface area contributed by atoms with E-state index in [-0.39, 0.29) is 31.1 Å². The summed E-state index contributed by atoms with van der Waals surface area (Å²) < 4.78 is 15.7. The minimum Gasteiger partial charge on any atom is -0.477 e. The third-order valence-electron chi connectivity index (χ3n) is 5.84. The van der Waals surface area contributed by atoms with Crippen LogP contribution in [-0.2, 0) is 45.2 Å². The fourth-order valence-corrected chi connectivity index (χ4v) is 5.33. The number of carboxylic acids is 1. The van der Waals surface area contributed by atoms with E-state index in [1.807, 2.05) is 0 Å². The Morgan fingerprint density at radius 3 is 2.33 bits per heavy atom. The minimum atomic E-state index is -2.06. The van der Waals surface area contributed by atoms with Crippen LogP contribution in [0.1, 0.15) is 37.2 Å². The number of rotatable bonds is 10. The number of carbonyl (C=O) groups excluding carboxylic acids is 5. The number of nitrogens with zero attached hydrogens (tertiary/aromatic N) is 3. The number of hydrogen-bond donors (Lipinski definition) is 2. The van der Waals surface area contributed by atoms with E-state index in [1.165, 1.54) is 13.8 Å². The first-order valence-corrected chi connectivity index (χ1v) is 12.9. The van der Waals surface area contributed by atoms with Gasteiger partial charge >= 0.3 is 29.6 Å². The molecule has 1 aromatic rings. The van der Waals surface area contributed by atoms with E-state index in [4.69, 9.17) is 14.2 Å². The van der Waals surface area contributed by atoms with Gasteiger partial charge in [-0.1, -0.05) is 0 Å². The van der Waals surface area contributed by atoms with Gasteiger partial charge in [-0.3, -0.25) is 33.2 Å². The van der Waals surface area contributed by atoms with Crippen molar-refractivity contribution < 1.29 is 48.1 Å². The van der Waals surface area contributed by atoms with E-state index in [2.05, 4.69) is 5.32 Å². The predicted molar refractivity (Wildman–Crippen MR) is 134 cm³/mol. The smallest absolute Gasteiger partial charge is 0.352 e. The first kappa shape index (κ1) is 30.1. The van der Waals surface area contributed by atoms with Crippen molar-refractivity contribution in [3.05, 3.63) is 43.9 Å². The number of carbonyl (C=O) groups is 6. The molecule has 2 aliphatic rings. The lowest BCUT2D eigenvalue weighted by Gasteiger charge is -2.49. The fourth-order valence-electron chi connectivity index (χ4n) is 4.01. The van der Waals surface area contributed by atoms with Gasteiger partial charge in [-0.25, -0.2) is 19.2 Å². The maximum Gasteiger partial charge on any atom is 0.352 e. The minimum absolute atomic E-state index is 0.0557. The molecule has 17 heteroatoms. The molecule has 0 radical (unpaired) electrons. The van der Waals surface area contributed by atoms with Crippen LogP contribution in [0.5, 0.6) is 0 Å². The highest BCUT2D eigenvalue weighted by Crippen LogP contribution is 2.40. The summed E-state index contributed by atoms with van der Waals surface area (Å²) in [7, 11) is 1.03. The number of fused-ring (bicyclic) bond motifs is 1. The molecule has 0 aliphatic carbocycles. The van der Waals surface area contributed by atoms with Gasteiger partial charge in [0, 0.05) is 31.5 Å². The van der Waals surface area contributed by atoms with Crippen molar-refractivity contribution in [2.24, 2.45) is 7.05 Å². The van der Waals surface area contributed by atoms with Gasteiger partial charge in [0.1, 0.15) is 29.3 Å². The average Bonchev–Trinajstić information content (AvgIpc) is 2.90. The molecule has 3 rings (SSSR count). The Morgan fingerprint density at radius 2 is 1.75 bits per heavy atom. The summed E-state index contributed by atoms with van der Waals surface area (Å²) in [6, 6.07) is -3.36. The van der Waals surface area contributed by atoms with Crippen LogP contribution in [0.15, 0.2) is 27.1 Å². The Morgan fingerprint density at radius 1 is 1.10 bits per heavy atom. The second-order valence-corrected chi connectivity index (χ2v) is 9.51. The lowest BCUT2D eigenvalue weighted by Crippen LogP contribution is -2.71. The van der Waals surface area contributed by atoms with E-state index in [9.17, 15) is 43.5 Å². The molecule has 1 fully saturated rings. The van der Waals surface area contributed by atoms with Crippen molar-refractivity contribution in [3.63, 3.8) is 0 Å². The molecular formula is C23H26N4O12S. The highest BCUT2D eigenvalue weighted by atomic mass is 32.2. The number of β-lactam (4-membered cyclic amide) rings is 1. The van der Waals surface area contributed by atoms with Crippen molar-refractivity contribution >= 4 is 47.5 Å². The van der Waals surface area contributed by atoms with Gasteiger partial charge < -0.3 is 24.6 Å². The number of aromatic nitrogens is 2. The number of esters is 3. The van der Waals surface area contributed by atoms with Gasteiger partial charge in [0.15, 0.2) is 0 Å². The third kappa shape index (κ3) is 5.63. The van der Waals surface area contributed by atoms with E-state index in [1.54, 1.807) is 0 Å². The Balaban J connectivity index is 1.96. The maximum atomic E-state index is 13.4. The predicted octanol–water partition coefficient (Wildman–Crippen LogP) is -1.87. The molecule has 2 amide bonds. The normalized spacial score (nSPS) is 18.7. The zero-order valence-electron chi connectivity index (χ0n) is 21.8. The molecule has 2 N–H and O–H groups in total. The summed E-state index contributed by atoms with van der Waals surface area (Å²) in [5.41, 5.74) is -3.00. The number of nitrogens with one attached hydrogen (secondary N) is 1. The van der Waals surface area contributed by atoms with Crippen molar-refractivity contribution in [3.8, 4) is 0 Å². The number of carboxylic acid groups (broad SMARTS) is 1. The zero-order valence-corrected chi connectivity index (χ0v) is 22.6. The van der Waals surface area contributed by atoms with Gasteiger partial charge in [0.2, 0.25) is 6.04 Å². The quantitative estimate of drug-likeness (QED) is 0.134. The van der Waals surface area contributed by atoms with Gasteiger partial charge in [-0.05, 0) is 13.8 Å². The molecule has 0 bridgehead atoms. The molecule has 1 saturated heterocycles. The second-order valence-electron chi connectivity index (χ2n) is 8.41. The first-order chi connectivity index (χ1) is 18.8. The van der Waals surface area contributed by atoms with Gasteiger partial charge in [-0.2, -0.15) is 0 Å². The van der Waals surface area contributed by atoms with E-state index in [0.717, 1.165) is 30.6 Å². The molecule has 0 saturated carbocycles. The van der Waals surface area contributed by atoms with Crippen LogP contribution in [0.4, 0.5) is 0 Å². The van der Waals surface area contributed by atoms with E-state index < -0.39 is 75.7 Å². The first-order valence-electron chi connectivity index (χ1n) is 11.8. The molecule has 216 valence electrons. The van der Waals surface area contributed by atoms with E-state index in [0.29, 0.717) is 15.3 Å². The number of hydrogen-bond acceptors (Lipinski definition) is 12. The standard InChI is InChI=1S/C23H26N4O12S/c1-5-37-21(34)12-7-26(23(36)25(4)17(12)30)15(22(35)38-6-2)16(29)24-13-18(31)27-14(20(32)33)11(8-39-10(3)28)9-40-19(13)27/h7,13,15,19H,5-6,8-9H2,1-4H3,(H,24,29)(H,32,33)/t13-,15?,19-/m1/s1. The van der Waals surface area contributed by atoms with E-state index >= 15 is 0 Å². The Kier molecular flexibility index (Phi) is 9.18. The molecule has 16 nitrogen and oxygen atoms in total. The van der Waals surface area contributed by atoms with Gasteiger partial charge in [0.25, 0.3) is 17.4 Å². The average molecular weight is 583 g/mol. The van der Waals surface area contributed by atoms with Crippen molar-refractivity contribution in [1.29, 1.82) is 0 Å². The van der Waals surface area contributed by atoms with Crippen LogP contribution in [0, 0.1) is 0 Å². The summed E-state index contributed by atoms with van der Waals surface area (Å²) in [6.07, 6.45) is 0.709. The van der Waals surface area contributed by atoms with Crippen LogP contribution < -0.4 is 16.6 Å². The second kappa shape index (κ2) is 12.2. The third-order valence-corrected chi connectivity index (χ3v) is 7.18. The van der Waals surface area contributed by atoms with Gasteiger partial charge in [-0.15, -0.1) is 11.8 Å². The summed E-state index contributed by atoms with van der Waals surface area (Å²) in [5, 5.41) is 11.1. The van der Waals surface area contributed by atoms with Crippen LogP contribution in [0.3, 0.4) is 0 Å². The largest absolute Gasteiger partial charge is 0.477 e. The van der Waals surface area contributed by atoms with Gasteiger partial charge in [0.05, 0.1) is 13.2 Å². The molecule has 0 aromatic carbocycles. The summed E-state index contributed by atoms with van der Waals surface area (Å²) in [4.78, 5) is 101. The lowest BCUT2D eigenvalue weighted by atomic mass is 10.0. The Hall–Kier alpha value is -4.41. The molecule has 1 unspecified atom stereocenters. The van der Waals surface area contributed by atoms with Crippen LogP contribution in [-0.4, -0.2) is 91.8 Å². The van der Waals surface area contributed by atoms with Crippen molar-refractivity contribution in [2.75, 3.05) is 25.6 Å². The lowest BCUT2D eigenvalue weighted by molar-refractivity contribution is -0.155. The van der Waals surface area contributed by atoms with Crippen LogP contribution >= 0.6 is 11.8 Å². The summed E-state index contributed by atoms with van der Waals surface area (Å²) in [6.45, 7) is 3.43. The molecular weight excluding hydrogens is 556 g/mol. The zero-order chi connectivity index (χ0) is 29.9.